The van der Waals surface area contributed by atoms with E-state index in [-0.39, 0.29) is 40.9 Å². The molecular formula is C46H23F3N6S. The molecule has 56 heavy (non-hydrogen) atoms. The maximum atomic E-state index is 13.4. The van der Waals surface area contributed by atoms with Crippen LogP contribution in [0.15, 0.2) is 124 Å². The van der Waals surface area contributed by atoms with Gasteiger partial charge in [0.05, 0.1) is 28.8 Å². The molecule has 0 saturated heterocycles. The Bertz CT molecular complexity index is 2920. The van der Waals surface area contributed by atoms with Gasteiger partial charge in [-0.2, -0.15) is 43.9 Å². The van der Waals surface area contributed by atoms with Crippen molar-refractivity contribution in [1.29, 1.82) is 21.0 Å². The number of nitriles is 4. The summed E-state index contributed by atoms with van der Waals surface area (Å²) in [5.74, 6) is -0.104. The quantitative estimate of drug-likeness (QED) is 0.101. The first-order valence-corrected chi connectivity index (χ1v) is 17.8. The van der Waals surface area contributed by atoms with Crippen molar-refractivity contribution in [1.82, 2.24) is 0 Å². The van der Waals surface area contributed by atoms with Crippen molar-refractivity contribution in [3.63, 3.8) is 0 Å². The smallest absolute Gasteiger partial charge is 0.192 e. The first-order chi connectivity index (χ1) is 27.0. The normalized spacial score (nSPS) is 12.7. The second kappa shape index (κ2) is 14.7. The highest BCUT2D eigenvalue weighted by Crippen LogP contribution is 2.43. The van der Waals surface area contributed by atoms with Gasteiger partial charge in [0.15, 0.2) is 0 Å². The monoisotopic (exact) mass is 748 g/mol. The molecule has 0 N–H and O–H groups in total. The first kappa shape index (κ1) is 36.7. The van der Waals surface area contributed by atoms with Gasteiger partial charge in [-0.3, -0.25) is 0 Å². The zero-order valence-electron chi connectivity index (χ0n) is 29.4. The van der Waals surface area contributed by atoms with Crippen LogP contribution in [0.25, 0.3) is 43.1 Å². The molecule has 0 amide bonds. The number of nitrogens with zero attached hydrogens (tertiary/aromatic N) is 6. The SMILES string of the molecule is [C-]#[N+]C([N+]#[C-])=C1Cc2c(-c3ccc(C#N)cc3)c3c(c(-c4ccc(C#N)cc4)c2=C1c1ccc(C)cc1)CC(=C(C#N)C#N)C=3c1ccc(SC(F)(F)F)cc1. The number of rotatable bonds is 5. The van der Waals surface area contributed by atoms with E-state index in [0.29, 0.717) is 72.0 Å². The van der Waals surface area contributed by atoms with E-state index in [1.54, 1.807) is 48.5 Å². The summed E-state index contributed by atoms with van der Waals surface area (Å²) in [6.07, 6.45) is 0.242. The average Bonchev–Trinajstić information content (AvgIpc) is 3.78. The second-order valence-corrected chi connectivity index (χ2v) is 14.1. The number of alkyl halides is 3. The highest BCUT2D eigenvalue weighted by atomic mass is 32.2. The van der Waals surface area contributed by atoms with E-state index in [0.717, 1.165) is 21.9 Å². The molecule has 5 aromatic rings. The van der Waals surface area contributed by atoms with Crippen LogP contribution in [0.5, 0.6) is 0 Å². The summed E-state index contributed by atoms with van der Waals surface area (Å²) in [5.41, 5.74) is 4.72. The summed E-state index contributed by atoms with van der Waals surface area (Å²) in [6.45, 7) is 18.0. The van der Waals surface area contributed by atoms with E-state index in [4.69, 9.17) is 13.1 Å². The molecule has 0 aromatic heterocycles. The van der Waals surface area contributed by atoms with Gasteiger partial charge in [0, 0.05) is 11.3 Å². The lowest BCUT2D eigenvalue weighted by Crippen LogP contribution is -2.25. The first-order valence-electron chi connectivity index (χ1n) is 17.0. The Morgan fingerprint density at radius 2 is 1.02 bits per heavy atom. The van der Waals surface area contributed by atoms with Gasteiger partial charge < -0.3 is 0 Å². The molecule has 0 atom stereocenters. The van der Waals surface area contributed by atoms with Gasteiger partial charge in [0.25, 0.3) is 0 Å². The van der Waals surface area contributed by atoms with Gasteiger partial charge in [0.2, 0.25) is 0 Å². The van der Waals surface area contributed by atoms with Crippen LogP contribution in [0.1, 0.15) is 38.9 Å². The molecule has 0 unspecified atom stereocenters. The summed E-state index contributed by atoms with van der Waals surface area (Å²) < 4.78 is 40.2. The van der Waals surface area contributed by atoms with Crippen LogP contribution in [0, 0.1) is 65.4 Å². The highest BCUT2D eigenvalue weighted by Gasteiger charge is 2.37. The van der Waals surface area contributed by atoms with Gasteiger partial charge in [0.1, 0.15) is 30.9 Å². The maximum absolute atomic E-state index is 13.4. The number of aryl methyl sites for hydroxylation is 1. The molecule has 10 heteroatoms. The number of halogens is 3. The highest BCUT2D eigenvalue weighted by molar-refractivity contribution is 8.00. The minimum absolute atomic E-state index is 0.0381. The molecule has 264 valence electrons. The lowest BCUT2D eigenvalue weighted by atomic mass is 9.85. The zero-order valence-corrected chi connectivity index (χ0v) is 30.2. The molecule has 6 nitrogen and oxygen atoms in total. The standard InChI is InChI=1S/C46H23F3N6S/c1-26-4-10-29(11-5-26)42-38(45(54-2)55-3)21-37-41(31-14-8-28(23-51)9-15-31)43-36(40(44(37)42)30-12-6-27(22-50)7-13-30)20-35(33(24-52)25-53)39(43)32-16-18-34(19-17-32)56-46(47,48)49/h4-19H,20-21H2,1H3. The molecule has 0 fully saturated rings. The average molecular weight is 749 g/mol. The van der Waals surface area contributed by atoms with E-state index in [2.05, 4.69) is 21.8 Å². The third-order valence-corrected chi connectivity index (χ3v) is 10.6. The van der Waals surface area contributed by atoms with Crippen molar-refractivity contribution in [2.75, 3.05) is 0 Å². The lowest BCUT2D eigenvalue weighted by Gasteiger charge is -2.17. The van der Waals surface area contributed by atoms with Crippen molar-refractivity contribution in [2.24, 2.45) is 0 Å². The van der Waals surface area contributed by atoms with Gasteiger partial charge in [-0.25, -0.2) is 0 Å². The number of allylic oxidation sites excluding steroid dienone is 3. The molecule has 0 bridgehead atoms. The van der Waals surface area contributed by atoms with Crippen molar-refractivity contribution < 1.29 is 13.2 Å². The molecule has 0 aliphatic heterocycles. The number of hydrogen-bond donors (Lipinski definition) is 0. The predicted molar refractivity (Wildman–Crippen MR) is 206 cm³/mol. The number of thioether (sulfide) groups is 1. The number of fused-ring (bicyclic) bond motifs is 2. The number of benzene rings is 5. The minimum Gasteiger partial charge on any atom is -0.192 e. The molecule has 2 aliphatic rings. The van der Waals surface area contributed by atoms with Crippen molar-refractivity contribution >= 4 is 22.9 Å². The van der Waals surface area contributed by atoms with Gasteiger partial charge in [-0.1, -0.05) is 66.2 Å². The summed E-state index contributed by atoms with van der Waals surface area (Å²) in [5, 5.41) is 41.4. The van der Waals surface area contributed by atoms with Gasteiger partial charge in [-0.15, -0.1) is 0 Å². The Balaban J connectivity index is 1.78. The van der Waals surface area contributed by atoms with E-state index in [1.807, 2.05) is 55.5 Å². The maximum Gasteiger partial charge on any atom is 0.523 e. The molecule has 0 heterocycles. The van der Waals surface area contributed by atoms with E-state index < -0.39 is 5.51 Å². The Morgan fingerprint density at radius 3 is 1.43 bits per heavy atom. The molecule has 0 spiro atoms. The Morgan fingerprint density at radius 1 is 0.607 bits per heavy atom. The molecule has 5 aromatic carbocycles. The Kier molecular flexibility index (Phi) is 9.63. The van der Waals surface area contributed by atoms with Crippen LogP contribution in [0.2, 0.25) is 0 Å². The Labute approximate surface area is 324 Å². The topological polar surface area (TPSA) is 104 Å². The third kappa shape index (κ3) is 6.49. The van der Waals surface area contributed by atoms with Crippen LogP contribution >= 0.6 is 11.8 Å². The summed E-state index contributed by atoms with van der Waals surface area (Å²) in [7, 11) is 0. The fourth-order valence-corrected chi connectivity index (χ4v) is 8.10. The van der Waals surface area contributed by atoms with Crippen LogP contribution in [0.4, 0.5) is 13.2 Å². The van der Waals surface area contributed by atoms with Crippen LogP contribution in [0.3, 0.4) is 0 Å². The van der Waals surface area contributed by atoms with Gasteiger partial charge >= 0.3 is 11.3 Å². The Hall–Kier alpha value is -7.60. The molecule has 0 radical (unpaired) electrons. The van der Waals surface area contributed by atoms with E-state index in [9.17, 15) is 34.2 Å². The number of hydrogen-bond acceptors (Lipinski definition) is 5. The molecule has 0 saturated carbocycles. The van der Waals surface area contributed by atoms with Crippen LogP contribution in [-0.4, -0.2) is 5.51 Å². The summed E-state index contributed by atoms with van der Waals surface area (Å²) in [6, 6.07) is 35.9. The lowest BCUT2D eigenvalue weighted by molar-refractivity contribution is -0.0328. The third-order valence-electron chi connectivity index (χ3n) is 9.85. The van der Waals surface area contributed by atoms with Gasteiger partial charge in [-0.05, 0) is 133 Å². The molecular weight excluding hydrogens is 726 g/mol. The van der Waals surface area contributed by atoms with Crippen LogP contribution < -0.4 is 10.4 Å². The van der Waals surface area contributed by atoms with Crippen molar-refractivity contribution in [3.05, 3.63) is 192 Å². The fourth-order valence-electron chi connectivity index (χ4n) is 7.56. The van der Waals surface area contributed by atoms with E-state index >= 15 is 0 Å². The largest absolute Gasteiger partial charge is 0.523 e. The van der Waals surface area contributed by atoms with Crippen molar-refractivity contribution in [2.45, 2.75) is 30.2 Å². The second-order valence-electron chi connectivity index (χ2n) is 13.0. The minimum atomic E-state index is -4.51. The van der Waals surface area contributed by atoms with Crippen LogP contribution in [-0.2, 0) is 12.8 Å². The van der Waals surface area contributed by atoms with E-state index in [1.165, 1.54) is 12.1 Å². The molecule has 7 rings (SSSR count). The summed E-state index contributed by atoms with van der Waals surface area (Å²) in [4.78, 5) is 7.29. The predicted octanol–water partition coefficient (Wildman–Crippen LogP) is 9.59. The zero-order chi connectivity index (χ0) is 39.7. The summed E-state index contributed by atoms with van der Waals surface area (Å²) >= 11 is -0.249. The van der Waals surface area contributed by atoms with Crippen molar-refractivity contribution in [3.8, 4) is 46.5 Å². The fraction of sp³-hybridized carbons (Fsp3) is 0.0870. The molecule has 2 aliphatic carbocycles.